The largest absolute Gasteiger partial charge is 0.308 e. The van der Waals surface area contributed by atoms with Gasteiger partial charge < -0.3 is 5.32 Å². The van der Waals surface area contributed by atoms with Gasteiger partial charge >= 0.3 is 0 Å². The molecular formula is C8H14N4. The highest BCUT2D eigenvalue weighted by atomic mass is 15.4. The lowest BCUT2D eigenvalue weighted by molar-refractivity contribution is 0.335. The van der Waals surface area contributed by atoms with E-state index in [4.69, 9.17) is 0 Å². The Bertz CT molecular complexity index is 251. The molecule has 0 atom stereocenters. The van der Waals surface area contributed by atoms with E-state index in [-0.39, 0.29) is 0 Å². The molecule has 0 amide bonds. The van der Waals surface area contributed by atoms with E-state index in [0.717, 1.165) is 18.3 Å². The molecule has 0 unspecified atom stereocenters. The van der Waals surface area contributed by atoms with Gasteiger partial charge in [-0.2, -0.15) is 0 Å². The number of nitrogens with zero attached hydrogens (tertiary/aromatic N) is 3. The van der Waals surface area contributed by atoms with Crippen molar-refractivity contribution in [3.8, 4) is 0 Å². The van der Waals surface area contributed by atoms with Crippen LogP contribution in [-0.4, -0.2) is 21.0 Å². The molecule has 1 saturated carbocycles. The van der Waals surface area contributed by atoms with Crippen LogP contribution in [0.3, 0.4) is 0 Å². The quantitative estimate of drug-likeness (QED) is 0.709. The topological polar surface area (TPSA) is 42.7 Å². The van der Waals surface area contributed by atoms with E-state index in [2.05, 4.69) is 15.6 Å². The Morgan fingerprint density at radius 2 is 2.50 bits per heavy atom. The van der Waals surface area contributed by atoms with Gasteiger partial charge in [0.05, 0.1) is 11.9 Å². The molecule has 2 rings (SSSR count). The van der Waals surface area contributed by atoms with E-state index in [9.17, 15) is 0 Å². The second kappa shape index (κ2) is 3.23. The second-order valence-corrected chi connectivity index (χ2v) is 3.36. The van der Waals surface area contributed by atoms with E-state index in [0.29, 0.717) is 0 Å². The molecule has 1 fully saturated rings. The summed E-state index contributed by atoms with van der Waals surface area (Å²) in [6.07, 6.45) is 5.84. The summed E-state index contributed by atoms with van der Waals surface area (Å²) in [6, 6.07) is 0.736. The van der Waals surface area contributed by atoms with Crippen LogP contribution in [0, 0.1) is 0 Å². The Balaban J connectivity index is 1.82. The van der Waals surface area contributed by atoms with Crippen LogP contribution in [0.5, 0.6) is 0 Å². The summed E-state index contributed by atoms with van der Waals surface area (Å²) in [4.78, 5) is 0. The molecule has 1 N–H and O–H groups in total. The Labute approximate surface area is 72.0 Å². The van der Waals surface area contributed by atoms with E-state index in [1.54, 1.807) is 0 Å². The van der Waals surface area contributed by atoms with Gasteiger partial charge in [-0.3, -0.25) is 4.68 Å². The third-order valence-electron chi connectivity index (χ3n) is 2.49. The minimum Gasteiger partial charge on any atom is -0.308 e. The predicted octanol–water partition coefficient (Wildman–Crippen LogP) is 0.457. The summed E-state index contributed by atoms with van der Waals surface area (Å²) in [5.74, 6) is 0. The van der Waals surface area contributed by atoms with Crippen molar-refractivity contribution in [1.29, 1.82) is 0 Å². The fraction of sp³-hybridized carbons (Fsp3) is 0.750. The van der Waals surface area contributed by atoms with E-state index in [1.165, 1.54) is 19.3 Å². The summed E-state index contributed by atoms with van der Waals surface area (Å²) in [6.45, 7) is 0.897. The van der Waals surface area contributed by atoms with Crippen LogP contribution < -0.4 is 5.32 Å². The highest BCUT2D eigenvalue weighted by molar-refractivity contribution is 4.93. The summed E-state index contributed by atoms with van der Waals surface area (Å²) in [5, 5.41) is 11.1. The van der Waals surface area contributed by atoms with Crippen LogP contribution in [0.25, 0.3) is 0 Å². The molecule has 0 saturated heterocycles. The lowest BCUT2D eigenvalue weighted by Gasteiger charge is -2.26. The van der Waals surface area contributed by atoms with Crippen LogP contribution in [0.4, 0.5) is 0 Å². The Morgan fingerprint density at radius 3 is 3.00 bits per heavy atom. The summed E-state index contributed by atoms with van der Waals surface area (Å²) in [5.41, 5.74) is 1.15. The molecule has 1 heterocycles. The molecule has 0 aliphatic heterocycles. The molecular weight excluding hydrogens is 152 g/mol. The van der Waals surface area contributed by atoms with Gasteiger partial charge in [0, 0.05) is 19.6 Å². The molecule has 0 aromatic carbocycles. The van der Waals surface area contributed by atoms with Crippen molar-refractivity contribution in [2.75, 3.05) is 0 Å². The molecule has 4 heteroatoms. The lowest BCUT2D eigenvalue weighted by Crippen LogP contribution is -2.34. The number of aromatic nitrogens is 3. The first-order valence-corrected chi connectivity index (χ1v) is 4.43. The molecule has 12 heavy (non-hydrogen) atoms. The standard InChI is InChI=1S/C8H14N4/c1-12-8(6-10-11-12)5-9-7-3-2-4-7/h6-7,9H,2-5H2,1H3. The predicted molar refractivity (Wildman–Crippen MR) is 45.5 cm³/mol. The van der Waals surface area contributed by atoms with Crippen molar-refractivity contribution in [3.05, 3.63) is 11.9 Å². The smallest absolute Gasteiger partial charge is 0.0738 e. The molecule has 0 spiro atoms. The SMILES string of the molecule is Cn1nncc1CNC1CCC1. The first-order chi connectivity index (χ1) is 5.86. The molecule has 66 valence electrons. The van der Waals surface area contributed by atoms with E-state index >= 15 is 0 Å². The van der Waals surface area contributed by atoms with Gasteiger partial charge in [0.1, 0.15) is 0 Å². The summed E-state index contributed by atoms with van der Waals surface area (Å²) in [7, 11) is 1.92. The molecule has 1 aliphatic rings. The van der Waals surface area contributed by atoms with Gasteiger partial charge in [0.25, 0.3) is 0 Å². The molecule has 1 aromatic heterocycles. The number of aryl methyl sites for hydroxylation is 1. The van der Waals surface area contributed by atoms with Crippen molar-refractivity contribution in [3.63, 3.8) is 0 Å². The monoisotopic (exact) mass is 166 g/mol. The third-order valence-corrected chi connectivity index (χ3v) is 2.49. The molecule has 1 aromatic rings. The minimum absolute atomic E-state index is 0.736. The third kappa shape index (κ3) is 1.48. The van der Waals surface area contributed by atoms with Crippen LogP contribution >= 0.6 is 0 Å². The van der Waals surface area contributed by atoms with Crippen molar-refractivity contribution in [1.82, 2.24) is 20.3 Å². The molecule has 0 radical (unpaired) electrons. The van der Waals surface area contributed by atoms with Crippen LogP contribution in [0.15, 0.2) is 6.20 Å². The van der Waals surface area contributed by atoms with E-state index < -0.39 is 0 Å². The van der Waals surface area contributed by atoms with Crippen molar-refractivity contribution < 1.29 is 0 Å². The number of rotatable bonds is 3. The van der Waals surface area contributed by atoms with Gasteiger partial charge in [-0.1, -0.05) is 11.6 Å². The Kier molecular flexibility index (Phi) is 2.08. The Morgan fingerprint density at radius 1 is 1.67 bits per heavy atom. The maximum absolute atomic E-state index is 3.87. The van der Waals surface area contributed by atoms with Gasteiger partial charge in [-0.25, -0.2) is 0 Å². The molecule has 1 aliphatic carbocycles. The number of hydrogen-bond donors (Lipinski definition) is 1. The first-order valence-electron chi connectivity index (χ1n) is 4.43. The summed E-state index contributed by atoms with van der Waals surface area (Å²) < 4.78 is 1.81. The second-order valence-electron chi connectivity index (χ2n) is 3.36. The van der Waals surface area contributed by atoms with Crippen LogP contribution in [0.2, 0.25) is 0 Å². The van der Waals surface area contributed by atoms with Gasteiger partial charge in [-0.05, 0) is 12.8 Å². The molecule has 4 nitrogen and oxygen atoms in total. The maximum Gasteiger partial charge on any atom is 0.0738 e. The fourth-order valence-corrected chi connectivity index (χ4v) is 1.33. The van der Waals surface area contributed by atoms with Crippen molar-refractivity contribution >= 4 is 0 Å². The number of hydrogen-bond acceptors (Lipinski definition) is 3. The fourth-order valence-electron chi connectivity index (χ4n) is 1.33. The number of nitrogens with one attached hydrogen (secondary N) is 1. The summed E-state index contributed by atoms with van der Waals surface area (Å²) >= 11 is 0. The zero-order valence-electron chi connectivity index (χ0n) is 7.32. The van der Waals surface area contributed by atoms with Gasteiger partial charge in [-0.15, -0.1) is 5.10 Å². The van der Waals surface area contributed by atoms with Crippen molar-refractivity contribution in [2.45, 2.75) is 31.8 Å². The molecule has 0 bridgehead atoms. The zero-order valence-corrected chi connectivity index (χ0v) is 7.32. The highest BCUT2D eigenvalue weighted by Crippen LogP contribution is 2.18. The van der Waals surface area contributed by atoms with Crippen LogP contribution in [0.1, 0.15) is 25.0 Å². The normalized spacial score (nSPS) is 17.8. The maximum atomic E-state index is 3.87. The van der Waals surface area contributed by atoms with Gasteiger partial charge in [0.2, 0.25) is 0 Å². The highest BCUT2D eigenvalue weighted by Gasteiger charge is 2.16. The van der Waals surface area contributed by atoms with Crippen molar-refractivity contribution in [2.24, 2.45) is 7.05 Å². The first kappa shape index (κ1) is 7.73. The lowest BCUT2D eigenvalue weighted by atomic mass is 9.93. The average molecular weight is 166 g/mol. The van der Waals surface area contributed by atoms with E-state index in [1.807, 2.05) is 17.9 Å². The average Bonchev–Trinajstić information content (AvgIpc) is 2.33. The van der Waals surface area contributed by atoms with Crippen LogP contribution in [-0.2, 0) is 13.6 Å². The minimum atomic E-state index is 0.736. The Hall–Kier alpha value is -0.900. The zero-order chi connectivity index (χ0) is 8.39. The van der Waals surface area contributed by atoms with Gasteiger partial charge in [0.15, 0.2) is 0 Å².